The maximum absolute atomic E-state index is 9.53. The molecule has 1 rings (SSSR count). The molecule has 1 unspecified atom stereocenters. The largest absolute Gasteiger partial charge is 0.396 e. The number of rotatable bonds is 4. The highest BCUT2D eigenvalue weighted by Crippen LogP contribution is 2.41. The van der Waals surface area contributed by atoms with Crippen LogP contribution in [0.3, 0.4) is 0 Å². The van der Waals surface area contributed by atoms with E-state index >= 15 is 0 Å². The maximum Gasteiger partial charge on any atom is 0.0545 e. The lowest BCUT2D eigenvalue weighted by molar-refractivity contribution is 0.0154. The summed E-state index contributed by atoms with van der Waals surface area (Å²) in [5, 5.41) is 27.4. The molecule has 3 nitrogen and oxygen atoms in total. The first-order valence-corrected chi connectivity index (χ1v) is 5.12. The summed E-state index contributed by atoms with van der Waals surface area (Å²) in [6.45, 7) is 0.319. The van der Waals surface area contributed by atoms with Crippen LogP contribution in [0.25, 0.3) is 0 Å². The van der Waals surface area contributed by atoms with Gasteiger partial charge in [0.1, 0.15) is 0 Å². The number of aliphatic hydroxyl groups excluding tert-OH is 3. The SMILES string of the molecule is OCCC1(CCO)CCCC(O)C1. The molecule has 0 heterocycles. The van der Waals surface area contributed by atoms with E-state index in [-0.39, 0.29) is 24.7 Å². The molecule has 1 fully saturated rings. The Kier molecular flexibility index (Phi) is 4.16. The van der Waals surface area contributed by atoms with E-state index < -0.39 is 0 Å². The predicted molar refractivity (Wildman–Crippen MR) is 50.3 cm³/mol. The molecule has 3 heteroatoms. The molecule has 0 spiro atoms. The first-order valence-electron chi connectivity index (χ1n) is 5.12. The third-order valence-corrected chi connectivity index (χ3v) is 3.20. The van der Waals surface area contributed by atoms with E-state index in [2.05, 4.69) is 0 Å². The second-order valence-electron chi connectivity index (χ2n) is 4.20. The molecule has 0 bridgehead atoms. The monoisotopic (exact) mass is 188 g/mol. The van der Waals surface area contributed by atoms with Crippen molar-refractivity contribution in [2.75, 3.05) is 13.2 Å². The van der Waals surface area contributed by atoms with Crippen molar-refractivity contribution in [2.45, 2.75) is 44.6 Å². The molecule has 0 aliphatic heterocycles. The summed E-state index contributed by atoms with van der Waals surface area (Å²) in [6, 6.07) is 0. The average molecular weight is 188 g/mol. The standard InChI is InChI=1S/C10H20O3/c11-6-4-10(5-7-12)3-1-2-9(13)8-10/h9,11-13H,1-8H2. The highest BCUT2D eigenvalue weighted by molar-refractivity contribution is 4.86. The van der Waals surface area contributed by atoms with Gasteiger partial charge in [-0.3, -0.25) is 0 Å². The Labute approximate surface area is 79.4 Å². The molecule has 78 valence electrons. The van der Waals surface area contributed by atoms with E-state index in [1.807, 2.05) is 0 Å². The van der Waals surface area contributed by atoms with Crippen molar-refractivity contribution >= 4 is 0 Å². The molecule has 0 aromatic carbocycles. The number of hydrogen-bond acceptors (Lipinski definition) is 3. The first-order chi connectivity index (χ1) is 6.22. The molecule has 1 atom stereocenters. The molecule has 1 aliphatic rings. The molecule has 0 aromatic rings. The van der Waals surface area contributed by atoms with Gasteiger partial charge in [0.15, 0.2) is 0 Å². The van der Waals surface area contributed by atoms with E-state index in [1.165, 1.54) is 0 Å². The first kappa shape index (κ1) is 11.0. The van der Waals surface area contributed by atoms with Gasteiger partial charge in [-0.25, -0.2) is 0 Å². The maximum atomic E-state index is 9.53. The quantitative estimate of drug-likeness (QED) is 0.608. The fourth-order valence-electron chi connectivity index (χ4n) is 2.47. The minimum atomic E-state index is -0.230. The summed E-state index contributed by atoms with van der Waals surface area (Å²) in [4.78, 5) is 0. The average Bonchev–Trinajstić information content (AvgIpc) is 2.04. The highest BCUT2D eigenvalue weighted by atomic mass is 16.3. The molecule has 3 N–H and O–H groups in total. The minimum absolute atomic E-state index is 0.00116. The fraction of sp³-hybridized carbons (Fsp3) is 1.00. The summed E-state index contributed by atoms with van der Waals surface area (Å²) in [5.41, 5.74) is 0.00116. The Bertz CT molecular complexity index is 136. The summed E-state index contributed by atoms with van der Waals surface area (Å²) < 4.78 is 0. The second-order valence-corrected chi connectivity index (χ2v) is 4.20. The third kappa shape index (κ3) is 2.93. The van der Waals surface area contributed by atoms with Crippen LogP contribution in [-0.4, -0.2) is 34.6 Å². The zero-order valence-corrected chi connectivity index (χ0v) is 8.08. The lowest BCUT2D eigenvalue weighted by Gasteiger charge is -2.38. The van der Waals surface area contributed by atoms with Crippen LogP contribution in [0.15, 0.2) is 0 Å². The lowest BCUT2D eigenvalue weighted by atomic mass is 9.69. The van der Waals surface area contributed by atoms with E-state index in [9.17, 15) is 5.11 Å². The summed E-state index contributed by atoms with van der Waals surface area (Å²) >= 11 is 0. The van der Waals surface area contributed by atoms with Crippen molar-refractivity contribution in [3.63, 3.8) is 0 Å². The summed E-state index contributed by atoms with van der Waals surface area (Å²) in [6.07, 6.45) is 4.86. The van der Waals surface area contributed by atoms with E-state index in [1.54, 1.807) is 0 Å². The van der Waals surface area contributed by atoms with Crippen LogP contribution in [0.2, 0.25) is 0 Å². The molecule has 13 heavy (non-hydrogen) atoms. The van der Waals surface area contributed by atoms with Crippen LogP contribution in [-0.2, 0) is 0 Å². The van der Waals surface area contributed by atoms with Gasteiger partial charge in [-0.1, -0.05) is 6.42 Å². The van der Waals surface area contributed by atoms with E-state index in [0.29, 0.717) is 12.8 Å². The predicted octanol–water partition coefficient (Wildman–Crippen LogP) is 0.672. The summed E-state index contributed by atoms with van der Waals surface area (Å²) in [5.74, 6) is 0. The van der Waals surface area contributed by atoms with E-state index in [0.717, 1.165) is 25.7 Å². The Balaban J connectivity index is 2.53. The van der Waals surface area contributed by atoms with E-state index in [4.69, 9.17) is 10.2 Å². The molecule has 1 aliphatic carbocycles. The topological polar surface area (TPSA) is 60.7 Å². The molecule has 0 amide bonds. The Morgan fingerprint density at radius 1 is 1.15 bits per heavy atom. The molecular formula is C10H20O3. The zero-order chi connectivity index (χ0) is 9.73. The number of aliphatic hydroxyl groups is 3. The second kappa shape index (κ2) is 4.94. The van der Waals surface area contributed by atoms with Crippen LogP contribution in [0.4, 0.5) is 0 Å². The Hall–Kier alpha value is -0.120. The molecular weight excluding hydrogens is 168 g/mol. The molecule has 0 saturated heterocycles. The van der Waals surface area contributed by atoms with Crippen molar-refractivity contribution in [3.05, 3.63) is 0 Å². The van der Waals surface area contributed by atoms with Crippen LogP contribution in [0, 0.1) is 5.41 Å². The fourth-order valence-corrected chi connectivity index (χ4v) is 2.47. The van der Waals surface area contributed by atoms with Crippen molar-refractivity contribution < 1.29 is 15.3 Å². The number of hydrogen-bond donors (Lipinski definition) is 3. The van der Waals surface area contributed by atoms with Crippen molar-refractivity contribution in [1.29, 1.82) is 0 Å². The van der Waals surface area contributed by atoms with Crippen LogP contribution in [0.5, 0.6) is 0 Å². The van der Waals surface area contributed by atoms with Gasteiger partial charge in [0.25, 0.3) is 0 Å². The van der Waals surface area contributed by atoms with Gasteiger partial charge >= 0.3 is 0 Å². The molecule has 0 aromatic heterocycles. The molecule has 0 radical (unpaired) electrons. The third-order valence-electron chi connectivity index (χ3n) is 3.20. The van der Waals surface area contributed by atoms with Crippen molar-refractivity contribution in [1.82, 2.24) is 0 Å². The van der Waals surface area contributed by atoms with Gasteiger partial charge < -0.3 is 15.3 Å². The van der Waals surface area contributed by atoms with Gasteiger partial charge in [-0.15, -0.1) is 0 Å². The summed E-state index contributed by atoms with van der Waals surface area (Å²) in [7, 11) is 0. The van der Waals surface area contributed by atoms with Crippen LogP contribution < -0.4 is 0 Å². The van der Waals surface area contributed by atoms with Gasteiger partial charge in [-0.05, 0) is 37.5 Å². The van der Waals surface area contributed by atoms with Crippen LogP contribution in [0.1, 0.15) is 38.5 Å². The van der Waals surface area contributed by atoms with Gasteiger partial charge in [-0.2, -0.15) is 0 Å². The van der Waals surface area contributed by atoms with Gasteiger partial charge in [0.05, 0.1) is 6.10 Å². The molecule has 1 saturated carbocycles. The minimum Gasteiger partial charge on any atom is -0.396 e. The van der Waals surface area contributed by atoms with Gasteiger partial charge in [0.2, 0.25) is 0 Å². The van der Waals surface area contributed by atoms with Crippen LogP contribution >= 0.6 is 0 Å². The van der Waals surface area contributed by atoms with Gasteiger partial charge in [0, 0.05) is 13.2 Å². The van der Waals surface area contributed by atoms with Crippen molar-refractivity contribution in [3.8, 4) is 0 Å². The smallest absolute Gasteiger partial charge is 0.0545 e. The van der Waals surface area contributed by atoms with Crippen molar-refractivity contribution in [2.24, 2.45) is 5.41 Å². The highest BCUT2D eigenvalue weighted by Gasteiger charge is 2.34. The Morgan fingerprint density at radius 2 is 1.77 bits per heavy atom. The lowest BCUT2D eigenvalue weighted by Crippen LogP contribution is -2.33. The normalized spacial score (nSPS) is 27.5. The zero-order valence-electron chi connectivity index (χ0n) is 8.08. The Morgan fingerprint density at radius 3 is 2.23 bits per heavy atom.